The van der Waals surface area contributed by atoms with Crippen LogP contribution in [-0.4, -0.2) is 29.7 Å². The number of amides is 1. The van der Waals surface area contributed by atoms with E-state index in [1.165, 1.54) is 11.1 Å². The van der Waals surface area contributed by atoms with E-state index in [1.807, 2.05) is 47.4 Å². The van der Waals surface area contributed by atoms with Gasteiger partial charge < -0.3 is 15.1 Å². The second-order valence-corrected chi connectivity index (χ2v) is 11.3. The molecule has 1 atom stereocenters. The molecule has 188 valence electrons. The number of nitrogens with zero attached hydrogens (tertiary/aromatic N) is 2. The fourth-order valence-corrected chi connectivity index (χ4v) is 6.16. The topological polar surface area (TPSA) is 52.7 Å². The number of ketones is 1. The lowest BCUT2D eigenvalue weighted by Crippen LogP contribution is -2.45. The van der Waals surface area contributed by atoms with Gasteiger partial charge in [0.2, 0.25) is 5.91 Å². The lowest BCUT2D eigenvalue weighted by atomic mass is 9.73. The maximum Gasteiger partial charge on any atom is 0.242 e. The molecule has 6 rings (SSSR count). The van der Waals surface area contributed by atoms with Crippen molar-refractivity contribution in [1.82, 2.24) is 4.90 Å². The lowest BCUT2D eigenvalue weighted by Gasteiger charge is -2.39. The second kappa shape index (κ2) is 9.22. The number of rotatable bonds is 3. The average Bonchev–Trinajstić information content (AvgIpc) is 3.02. The largest absolute Gasteiger partial charge is 0.357 e. The van der Waals surface area contributed by atoms with Crippen molar-refractivity contribution in [2.75, 3.05) is 23.3 Å². The van der Waals surface area contributed by atoms with Crippen molar-refractivity contribution in [1.29, 1.82) is 0 Å². The highest BCUT2D eigenvalue weighted by molar-refractivity contribution is 6.01. The molecule has 2 aliphatic heterocycles. The lowest BCUT2D eigenvalue weighted by molar-refractivity contribution is -0.130. The van der Waals surface area contributed by atoms with Gasteiger partial charge in [0.25, 0.3) is 0 Å². The Bertz CT molecular complexity index is 1390. The van der Waals surface area contributed by atoms with Crippen molar-refractivity contribution in [3.63, 3.8) is 0 Å². The van der Waals surface area contributed by atoms with Gasteiger partial charge in [0.15, 0.2) is 5.78 Å². The van der Waals surface area contributed by atoms with E-state index in [1.54, 1.807) is 0 Å². The molecule has 0 saturated heterocycles. The number of carbonyl (C=O) groups excluding carboxylic acids is 2. The predicted molar refractivity (Wildman–Crippen MR) is 147 cm³/mol. The van der Waals surface area contributed by atoms with Gasteiger partial charge in [-0.25, -0.2) is 0 Å². The molecule has 0 bridgehead atoms. The van der Waals surface area contributed by atoms with Gasteiger partial charge in [0.05, 0.1) is 24.0 Å². The summed E-state index contributed by atoms with van der Waals surface area (Å²) in [5.41, 5.74) is 7.10. The molecular weight excluding hydrogens is 458 g/mol. The quantitative estimate of drug-likeness (QED) is 0.497. The molecule has 1 amide bonds. The number of Topliss-reactive ketones (excluding diaryl/α,β-unsaturated/α-hetero) is 1. The number of benzene rings is 3. The normalized spacial score (nSPS) is 20.4. The highest BCUT2D eigenvalue weighted by Crippen LogP contribution is 2.48. The number of anilines is 2. The average molecular weight is 492 g/mol. The Morgan fingerprint density at radius 3 is 2.43 bits per heavy atom. The Morgan fingerprint density at radius 2 is 1.62 bits per heavy atom. The smallest absolute Gasteiger partial charge is 0.242 e. The summed E-state index contributed by atoms with van der Waals surface area (Å²) in [6.45, 7) is 5.84. The number of fused-ring (bicyclic) bond motifs is 2. The van der Waals surface area contributed by atoms with Crippen molar-refractivity contribution in [3.8, 4) is 0 Å². The van der Waals surface area contributed by atoms with E-state index in [0.717, 1.165) is 41.1 Å². The molecule has 2 heterocycles. The molecule has 1 aliphatic carbocycles. The minimum atomic E-state index is -0.336. The summed E-state index contributed by atoms with van der Waals surface area (Å²) in [5.74, 6) is 0.239. The molecule has 5 heteroatoms. The number of nitrogens with one attached hydrogen (secondary N) is 1. The van der Waals surface area contributed by atoms with E-state index in [-0.39, 0.29) is 29.7 Å². The fourth-order valence-electron chi connectivity index (χ4n) is 6.16. The zero-order chi connectivity index (χ0) is 25.6. The van der Waals surface area contributed by atoms with Crippen LogP contribution in [0.3, 0.4) is 0 Å². The monoisotopic (exact) mass is 491 g/mol. The molecule has 1 unspecified atom stereocenters. The molecule has 0 fully saturated rings. The minimum absolute atomic E-state index is 0.0814. The molecular formula is C32H33N3O2. The van der Waals surface area contributed by atoms with Crippen molar-refractivity contribution in [3.05, 3.63) is 107 Å². The van der Waals surface area contributed by atoms with Crippen molar-refractivity contribution < 1.29 is 9.59 Å². The fraction of sp³-hybridized carbons (Fsp3) is 0.312. The molecule has 0 saturated carbocycles. The first-order valence-corrected chi connectivity index (χ1v) is 13.2. The van der Waals surface area contributed by atoms with Crippen LogP contribution >= 0.6 is 0 Å². The van der Waals surface area contributed by atoms with Crippen LogP contribution in [0.25, 0.3) is 0 Å². The maximum absolute atomic E-state index is 13.9. The van der Waals surface area contributed by atoms with E-state index in [9.17, 15) is 9.59 Å². The molecule has 37 heavy (non-hydrogen) atoms. The van der Waals surface area contributed by atoms with E-state index in [4.69, 9.17) is 0 Å². The van der Waals surface area contributed by atoms with E-state index in [2.05, 4.69) is 60.5 Å². The Hall–Kier alpha value is -3.86. The Morgan fingerprint density at radius 1 is 0.919 bits per heavy atom. The number of hydrogen-bond acceptors (Lipinski definition) is 4. The van der Waals surface area contributed by atoms with Gasteiger partial charge in [-0.15, -0.1) is 0 Å². The Labute approximate surface area is 218 Å². The standard InChI is InChI=1S/C32H33N3O2/c1-32(2)18-26-30(28(36)19-32)31(23-11-4-3-5-12-23)35(27-15-9-8-14-25(27)33-26)21-29(37)34-17-16-22-10-6-7-13-24(22)20-34/h3-15,31,33H,16-21H2,1-2H3. The third-order valence-corrected chi connectivity index (χ3v) is 7.91. The highest BCUT2D eigenvalue weighted by atomic mass is 16.2. The van der Waals surface area contributed by atoms with Crippen molar-refractivity contribution in [2.45, 2.75) is 45.7 Å². The summed E-state index contributed by atoms with van der Waals surface area (Å²) < 4.78 is 0. The third kappa shape index (κ3) is 4.43. The molecule has 3 aromatic rings. The summed E-state index contributed by atoms with van der Waals surface area (Å²) in [7, 11) is 0. The first-order valence-electron chi connectivity index (χ1n) is 13.2. The number of hydrogen-bond donors (Lipinski definition) is 1. The molecule has 0 spiro atoms. The van der Waals surface area contributed by atoms with Crippen LogP contribution in [0.15, 0.2) is 90.1 Å². The summed E-state index contributed by atoms with van der Waals surface area (Å²) in [5, 5.41) is 3.64. The number of allylic oxidation sites excluding steroid dienone is 1. The Kier molecular flexibility index (Phi) is 5.86. The number of para-hydroxylation sites is 2. The molecule has 0 aromatic heterocycles. The van der Waals surface area contributed by atoms with Gasteiger partial charge in [-0.2, -0.15) is 0 Å². The van der Waals surface area contributed by atoms with Crippen LogP contribution in [0.4, 0.5) is 11.4 Å². The first-order chi connectivity index (χ1) is 17.9. The summed E-state index contributed by atoms with van der Waals surface area (Å²) >= 11 is 0. The van der Waals surface area contributed by atoms with Crippen LogP contribution in [0.2, 0.25) is 0 Å². The van der Waals surface area contributed by atoms with Crippen LogP contribution in [0, 0.1) is 5.41 Å². The summed E-state index contributed by atoms with van der Waals surface area (Å²) in [6, 6.07) is 26.3. The molecule has 3 aliphatic rings. The van der Waals surface area contributed by atoms with Crippen molar-refractivity contribution >= 4 is 23.1 Å². The van der Waals surface area contributed by atoms with E-state index < -0.39 is 0 Å². The van der Waals surface area contributed by atoms with Gasteiger partial charge in [0.1, 0.15) is 0 Å². The van der Waals surface area contributed by atoms with Crippen LogP contribution in [0.1, 0.15) is 49.4 Å². The SMILES string of the molecule is CC1(C)CC(=O)C2=C(C1)Nc1ccccc1N(CC(=O)N1CCc3ccccc3C1)C2c1ccccc1. The molecule has 5 nitrogen and oxygen atoms in total. The van der Waals surface area contributed by atoms with E-state index in [0.29, 0.717) is 19.5 Å². The van der Waals surface area contributed by atoms with Gasteiger partial charge in [-0.05, 0) is 47.1 Å². The number of carbonyl (C=O) groups is 2. The first kappa shape index (κ1) is 23.5. The maximum atomic E-state index is 13.9. The van der Waals surface area contributed by atoms with Gasteiger partial charge in [0, 0.05) is 30.8 Å². The van der Waals surface area contributed by atoms with Crippen LogP contribution in [-0.2, 0) is 22.6 Å². The Balaban J connectivity index is 1.44. The van der Waals surface area contributed by atoms with Gasteiger partial charge in [-0.1, -0.05) is 80.6 Å². The predicted octanol–water partition coefficient (Wildman–Crippen LogP) is 5.89. The highest BCUT2D eigenvalue weighted by Gasteiger charge is 2.42. The minimum Gasteiger partial charge on any atom is -0.357 e. The van der Waals surface area contributed by atoms with Crippen LogP contribution < -0.4 is 10.2 Å². The summed E-state index contributed by atoms with van der Waals surface area (Å²) in [6.07, 6.45) is 2.15. The molecule has 1 N–H and O–H groups in total. The van der Waals surface area contributed by atoms with Crippen LogP contribution in [0.5, 0.6) is 0 Å². The van der Waals surface area contributed by atoms with E-state index >= 15 is 0 Å². The molecule has 0 radical (unpaired) electrons. The van der Waals surface area contributed by atoms with Gasteiger partial charge >= 0.3 is 0 Å². The third-order valence-electron chi connectivity index (χ3n) is 7.91. The second-order valence-electron chi connectivity index (χ2n) is 11.3. The zero-order valence-corrected chi connectivity index (χ0v) is 21.5. The zero-order valence-electron chi connectivity index (χ0n) is 21.5. The van der Waals surface area contributed by atoms with Gasteiger partial charge in [-0.3, -0.25) is 9.59 Å². The van der Waals surface area contributed by atoms with Crippen molar-refractivity contribution in [2.24, 2.45) is 5.41 Å². The molecule has 3 aromatic carbocycles. The summed E-state index contributed by atoms with van der Waals surface area (Å²) in [4.78, 5) is 31.8.